The van der Waals surface area contributed by atoms with E-state index in [-0.39, 0.29) is 11.9 Å². The maximum absolute atomic E-state index is 11.7. The summed E-state index contributed by atoms with van der Waals surface area (Å²) in [5, 5.41) is 7.13. The van der Waals surface area contributed by atoms with E-state index in [0.717, 1.165) is 18.2 Å². The van der Waals surface area contributed by atoms with Gasteiger partial charge in [-0.2, -0.15) is 11.8 Å². The van der Waals surface area contributed by atoms with Gasteiger partial charge in [0, 0.05) is 17.8 Å². The van der Waals surface area contributed by atoms with Gasteiger partial charge in [0.1, 0.15) is 0 Å². The highest BCUT2D eigenvalue weighted by Crippen LogP contribution is 2.28. The molecule has 16 heavy (non-hydrogen) atoms. The van der Waals surface area contributed by atoms with Gasteiger partial charge in [-0.25, -0.2) is 0 Å². The van der Waals surface area contributed by atoms with E-state index < -0.39 is 0 Å². The Labute approximate surface area is 103 Å². The molecule has 0 bridgehead atoms. The van der Waals surface area contributed by atoms with Crippen molar-refractivity contribution in [2.45, 2.75) is 56.9 Å². The van der Waals surface area contributed by atoms with Gasteiger partial charge in [0.05, 0.1) is 6.04 Å². The standard InChI is InChI=1S/C12H24N2OS/c1-4-7-13-12(15)9(2)14-10-5-6-11(8-10)16-3/h9-11,14H,4-8H2,1-3H3,(H,13,15). The summed E-state index contributed by atoms with van der Waals surface area (Å²) in [7, 11) is 0. The first-order valence-corrected chi connectivity index (χ1v) is 7.52. The van der Waals surface area contributed by atoms with Crippen LogP contribution in [0.1, 0.15) is 39.5 Å². The van der Waals surface area contributed by atoms with Gasteiger partial charge in [0.15, 0.2) is 0 Å². The van der Waals surface area contributed by atoms with Crippen molar-refractivity contribution in [2.75, 3.05) is 12.8 Å². The molecule has 1 aliphatic rings. The van der Waals surface area contributed by atoms with E-state index in [0.29, 0.717) is 6.04 Å². The van der Waals surface area contributed by atoms with Gasteiger partial charge in [0.25, 0.3) is 0 Å². The highest BCUT2D eigenvalue weighted by Gasteiger charge is 2.26. The molecule has 0 spiro atoms. The van der Waals surface area contributed by atoms with E-state index >= 15 is 0 Å². The van der Waals surface area contributed by atoms with E-state index in [1.54, 1.807) is 0 Å². The minimum Gasteiger partial charge on any atom is -0.355 e. The Bertz CT molecular complexity index is 223. The van der Waals surface area contributed by atoms with Gasteiger partial charge in [0.2, 0.25) is 5.91 Å². The third-order valence-corrected chi connectivity index (χ3v) is 4.24. The van der Waals surface area contributed by atoms with Crippen LogP contribution in [-0.4, -0.2) is 36.0 Å². The third kappa shape index (κ3) is 4.34. The van der Waals surface area contributed by atoms with Crippen molar-refractivity contribution >= 4 is 17.7 Å². The molecular weight excluding hydrogens is 220 g/mol. The Morgan fingerprint density at radius 2 is 2.25 bits per heavy atom. The number of rotatable bonds is 6. The van der Waals surface area contributed by atoms with Gasteiger partial charge < -0.3 is 10.6 Å². The Morgan fingerprint density at radius 1 is 1.50 bits per heavy atom. The number of carbonyl (C=O) groups excluding carboxylic acids is 1. The summed E-state index contributed by atoms with van der Waals surface area (Å²) < 4.78 is 0. The van der Waals surface area contributed by atoms with Crippen LogP contribution in [0.5, 0.6) is 0 Å². The average molecular weight is 244 g/mol. The molecule has 94 valence electrons. The summed E-state index contributed by atoms with van der Waals surface area (Å²) in [4.78, 5) is 11.7. The predicted octanol–water partition coefficient (Wildman–Crippen LogP) is 1.77. The molecule has 1 fully saturated rings. The lowest BCUT2D eigenvalue weighted by atomic mass is 10.2. The molecule has 0 radical (unpaired) electrons. The molecule has 4 heteroatoms. The van der Waals surface area contributed by atoms with E-state index in [4.69, 9.17) is 0 Å². The summed E-state index contributed by atoms with van der Waals surface area (Å²) in [6.45, 7) is 4.80. The zero-order valence-electron chi connectivity index (χ0n) is 10.6. The molecule has 0 saturated heterocycles. The fourth-order valence-electron chi connectivity index (χ4n) is 2.14. The summed E-state index contributed by atoms with van der Waals surface area (Å²) in [6, 6.07) is 0.469. The molecule has 1 saturated carbocycles. The van der Waals surface area contributed by atoms with Crippen LogP contribution in [0, 0.1) is 0 Å². The van der Waals surface area contributed by atoms with Crippen LogP contribution < -0.4 is 10.6 Å². The van der Waals surface area contributed by atoms with Crippen LogP contribution in [0.25, 0.3) is 0 Å². The zero-order chi connectivity index (χ0) is 12.0. The van der Waals surface area contributed by atoms with E-state index in [9.17, 15) is 4.79 Å². The Kier molecular flexibility index (Phi) is 6.21. The highest BCUT2D eigenvalue weighted by molar-refractivity contribution is 7.99. The summed E-state index contributed by atoms with van der Waals surface area (Å²) in [5.74, 6) is 0.134. The lowest BCUT2D eigenvalue weighted by molar-refractivity contribution is -0.122. The van der Waals surface area contributed by atoms with Crippen LogP contribution in [0.3, 0.4) is 0 Å². The number of carbonyl (C=O) groups is 1. The van der Waals surface area contributed by atoms with Crippen molar-refractivity contribution in [1.82, 2.24) is 10.6 Å². The van der Waals surface area contributed by atoms with Crippen LogP contribution >= 0.6 is 11.8 Å². The van der Waals surface area contributed by atoms with Crippen molar-refractivity contribution in [3.05, 3.63) is 0 Å². The second kappa shape index (κ2) is 7.17. The average Bonchev–Trinajstić information content (AvgIpc) is 2.73. The first kappa shape index (κ1) is 13.8. The van der Waals surface area contributed by atoms with Gasteiger partial charge in [-0.05, 0) is 38.9 Å². The van der Waals surface area contributed by atoms with Gasteiger partial charge >= 0.3 is 0 Å². The Balaban J connectivity index is 2.23. The topological polar surface area (TPSA) is 41.1 Å². The normalized spacial score (nSPS) is 26.7. The molecule has 3 atom stereocenters. The molecule has 0 aromatic rings. The summed E-state index contributed by atoms with van der Waals surface area (Å²) in [5.41, 5.74) is 0. The van der Waals surface area contributed by atoms with E-state index in [2.05, 4.69) is 23.8 Å². The number of hydrogen-bond donors (Lipinski definition) is 2. The van der Waals surface area contributed by atoms with Crippen molar-refractivity contribution < 1.29 is 4.79 Å². The maximum Gasteiger partial charge on any atom is 0.236 e. The Morgan fingerprint density at radius 3 is 2.81 bits per heavy atom. The van der Waals surface area contributed by atoms with Crippen LogP contribution in [0.4, 0.5) is 0 Å². The molecule has 0 aliphatic heterocycles. The molecule has 1 amide bonds. The van der Waals surface area contributed by atoms with Crippen molar-refractivity contribution in [2.24, 2.45) is 0 Å². The second-order valence-electron chi connectivity index (χ2n) is 4.55. The lowest BCUT2D eigenvalue weighted by Crippen LogP contribution is -2.46. The molecule has 2 N–H and O–H groups in total. The fraction of sp³-hybridized carbons (Fsp3) is 0.917. The van der Waals surface area contributed by atoms with Crippen molar-refractivity contribution in [3.8, 4) is 0 Å². The molecule has 0 aromatic heterocycles. The SMILES string of the molecule is CCCNC(=O)C(C)NC1CCC(SC)C1. The molecule has 1 rings (SSSR count). The predicted molar refractivity (Wildman–Crippen MR) is 70.8 cm³/mol. The zero-order valence-corrected chi connectivity index (χ0v) is 11.4. The van der Waals surface area contributed by atoms with Gasteiger partial charge in [-0.3, -0.25) is 4.79 Å². The number of thioether (sulfide) groups is 1. The lowest BCUT2D eigenvalue weighted by Gasteiger charge is -2.19. The summed E-state index contributed by atoms with van der Waals surface area (Å²) >= 11 is 1.94. The molecular formula is C12H24N2OS. The number of nitrogens with one attached hydrogen (secondary N) is 2. The maximum atomic E-state index is 11.7. The molecule has 0 heterocycles. The van der Waals surface area contributed by atoms with Crippen molar-refractivity contribution in [3.63, 3.8) is 0 Å². The summed E-state index contributed by atoms with van der Waals surface area (Å²) in [6.07, 6.45) is 6.85. The Hall–Kier alpha value is -0.220. The second-order valence-corrected chi connectivity index (χ2v) is 5.69. The van der Waals surface area contributed by atoms with Gasteiger partial charge in [-0.15, -0.1) is 0 Å². The molecule has 1 aliphatic carbocycles. The first-order chi connectivity index (χ1) is 7.67. The molecule has 3 nitrogen and oxygen atoms in total. The largest absolute Gasteiger partial charge is 0.355 e. The quantitative estimate of drug-likeness (QED) is 0.748. The van der Waals surface area contributed by atoms with Crippen LogP contribution in [0.15, 0.2) is 0 Å². The highest BCUT2D eigenvalue weighted by atomic mass is 32.2. The monoisotopic (exact) mass is 244 g/mol. The number of hydrogen-bond acceptors (Lipinski definition) is 3. The van der Waals surface area contributed by atoms with Gasteiger partial charge in [-0.1, -0.05) is 6.92 Å². The smallest absolute Gasteiger partial charge is 0.236 e. The van der Waals surface area contributed by atoms with Crippen LogP contribution in [0.2, 0.25) is 0 Å². The van der Waals surface area contributed by atoms with Crippen LogP contribution in [-0.2, 0) is 4.79 Å². The minimum absolute atomic E-state index is 0.0582. The van der Waals surface area contributed by atoms with E-state index in [1.807, 2.05) is 18.7 Å². The minimum atomic E-state index is -0.0582. The van der Waals surface area contributed by atoms with E-state index in [1.165, 1.54) is 19.3 Å². The van der Waals surface area contributed by atoms with Crippen molar-refractivity contribution in [1.29, 1.82) is 0 Å². The molecule has 3 unspecified atom stereocenters. The molecule has 0 aromatic carbocycles. The number of amides is 1. The third-order valence-electron chi connectivity index (χ3n) is 3.15. The first-order valence-electron chi connectivity index (χ1n) is 6.24. The fourth-order valence-corrected chi connectivity index (χ4v) is 2.93.